The van der Waals surface area contributed by atoms with Crippen molar-refractivity contribution >= 4 is 17.4 Å². The van der Waals surface area contributed by atoms with Crippen molar-refractivity contribution in [2.24, 2.45) is 0 Å². The highest BCUT2D eigenvalue weighted by Gasteiger charge is 2.20. The van der Waals surface area contributed by atoms with Gasteiger partial charge >= 0.3 is 0 Å². The van der Waals surface area contributed by atoms with E-state index in [2.05, 4.69) is 49.4 Å². The first-order valence-corrected chi connectivity index (χ1v) is 12.1. The minimum atomic E-state index is 0.168. The molecule has 1 aliphatic carbocycles. The van der Waals surface area contributed by atoms with E-state index < -0.39 is 0 Å². The highest BCUT2D eigenvalue weighted by Crippen LogP contribution is 2.30. The molecule has 0 aromatic heterocycles. The van der Waals surface area contributed by atoms with Crippen LogP contribution in [0.3, 0.4) is 0 Å². The highest BCUT2D eigenvalue weighted by atomic mass is 16.5. The van der Waals surface area contributed by atoms with Crippen LogP contribution in [0.5, 0.6) is 5.75 Å². The molecule has 0 fully saturated rings. The molecule has 0 saturated heterocycles. The van der Waals surface area contributed by atoms with Crippen molar-refractivity contribution in [3.63, 3.8) is 0 Å². The number of hydrogen-bond acceptors (Lipinski definition) is 3. The molecule has 0 amide bonds. The molecule has 0 radical (unpaired) electrons. The quantitative estimate of drug-likeness (QED) is 0.287. The van der Waals surface area contributed by atoms with Gasteiger partial charge in [-0.05, 0) is 79.0 Å². The number of rotatable bonds is 13. The number of ether oxygens (including phenoxy) is 1. The van der Waals surface area contributed by atoms with Gasteiger partial charge in [-0.2, -0.15) is 0 Å². The first-order chi connectivity index (χ1) is 15.7. The van der Waals surface area contributed by atoms with Crippen molar-refractivity contribution in [2.45, 2.75) is 64.7 Å². The Bertz CT molecular complexity index is 922. The summed E-state index contributed by atoms with van der Waals surface area (Å²) in [6, 6.07) is 14.6. The topological polar surface area (TPSA) is 46.5 Å². The Hall–Kier alpha value is -2.65. The monoisotopic (exact) mass is 432 g/mol. The zero-order valence-corrected chi connectivity index (χ0v) is 19.3. The van der Waals surface area contributed by atoms with Crippen molar-refractivity contribution in [3.8, 4) is 5.75 Å². The third-order valence-electron chi connectivity index (χ3n) is 5.88. The van der Waals surface area contributed by atoms with Crippen LogP contribution in [0.2, 0.25) is 0 Å². The molecule has 0 aliphatic heterocycles. The van der Waals surface area contributed by atoms with Crippen molar-refractivity contribution < 1.29 is 14.6 Å². The summed E-state index contributed by atoms with van der Waals surface area (Å²) in [6.07, 6.45) is 15.2. The zero-order chi connectivity index (χ0) is 22.6. The number of benzene rings is 2. The van der Waals surface area contributed by atoms with Crippen molar-refractivity contribution in [1.29, 1.82) is 0 Å². The molecule has 0 atom stereocenters. The van der Waals surface area contributed by atoms with Crippen LogP contribution in [0.15, 0.2) is 54.6 Å². The molecule has 32 heavy (non-hydrogen) atoms. The Morgan fingerprint density at radius 1 is 0.969 bits per heavy atom. The Morgan fingerprint density at radius 3 is 2.50 bits per heavy atom. The van der Waals surface area contributed by atoms with Crippen LogP contribution in [0, 0.1) is 0 Å². The van der Waals surface area contributed by atoms with Gasteiger partial charge < -0.3 is 9.84 Å². The molecule has 0 saturated carbocycles. The fraction of sp³-hybridized carbons (Fsp3) is 0.414. The van der Waals surface area contributed by atoms with Crippen LogP contribution in [0.25, 0.3) is 11.6 Å². The third kappa shape index (κ3) is 7.20. The summed E-state index contributed by atoms with van der Waals surface area (Å²) >= 11 is 0. The molecule has 0 unspecified atom stereocenters. The Labute approximate surface area is 192 Å². The third-order valence-corrected chi connectivity index (χ3v) is 5.88. The van der Waals surface area contributed by atoms with E-state index in [0.29, 0.717) is 13.0 Å². The summed E-state index contributed by atoms with van der Waals surface area (Å²) in [6.45, 7) is 3.12. The maximum absolute atomic E-state index is 12.8. The lowest BCUT2D eigenvalue weighted by Crippen LogP contribution is -2.12. The fourth-order valence-corrected chi connectivity index (χ4v) is 3.98. The van der Waals surface area contributed by atoms with Crippen molar-refractivity contribution in [1.82, 2.24) is 0 Å². The SMILES string of the molecule is CCCCCc1ccc(C2=Cc3ccc(OCCC/C=C/CCCO)cc3CC2=O)cc1. The number of aryl methyl sites for hydroxylation is 1. The summed E-state index contributed by atoms with van der Waals surface area (Å²) < 4.78 is 5.89. The second-order valence-electron chi connectivity index (χ2n) is 8.50. The molecule has 2 aromatic rings. The molecule has 0 heterocycles. The van der Waals surface area contributed by atoms with Crippen LogP contribution in [0.1, 0.15) is 74.1 Å². The maximum Gasteiger partial charge on any atom is 0.167 e. The van der Waals surface area contributed by atoms with Gasteiger partial charge in [-0.3, -0.25) is 4.79 Å². The second-order valence-corrected chi connectivity index (χ2v) is 8.50. The molecular weight excluding hydrogens is 396 g/mol. The number of unbranched alkanes of at least 4 members (excludes halogenated alkanes) is 4. The van der Waals surface area contributed by atoms with Crippen molar-refractivity contribution in [3.05, 3.63) is 76.9 Å². The molecule has 1 aliphatic rings. The molecule has 0 spiro atoms. The number of allylic oxidation sites excluding steroid dienone is 3. The second kappa shape index (κ2) is 13.0. The van der Waals surface area contributed by atoms with E-state index in [9.17, 15) is 4.79 Å². The minimum absolute atomic E-state index is 0.168. The summed E-state index contributed by atoms with van der Waals surface area (Å²) in [5.74, 6) is 0.996. The van der Waals surface area contributed by atoms with Crippen molar-refractivity contribution in [2.75, 3.05) is 13.2 Å². The van der Waals surface area contributed by atoms with Gasteiger partial charge in [0.2, 0.25) is 0 Å². The molecule has 1 N–H and O–H groups in total. The van der Waals surface area contributed by atoms with Crippen LogP contribution in [0.4, 0.5) is 0 Å². The number of fused-ring (bicyclic) bond motifs is 1. The lowest BCUT2D eigenvalue weighted by molar-refractivity contribution is -0.113. The molecule has 170 valence electrons. The van der Waals surface area contributed by atoms with E-state index in [1.807, 2.05) is 18.2 Å². The Kier molecular flexibility index (Phi) is 9.77. The summed E-state index contributed by atoms with van der Waals surface area (Å²) in [4.78, 5) is 12.8. The van der Waals surface area contributed by atoms with Gasteiger partial charge in [-0.15, -0.1) is 0 Å². The van der Waals surface area contributed by atoms with Crippen LogP contribution in [-0.2, 0) is 17.6 Å². The fourth-order valence-electron chi connectivity index (χ4n) is 3.98. The van der Waals surface area contributed by atoms with Crippen LogP contribution >= 0.6 is 0 Å². The minimum Gasteiger partial charge on any atom is -0.494 e. The smallest absolute Gasteiger partial charge is 0.167 e. The number of Topliss-reactive ketones (excluding diaryl/α,β-unsaturated/α-hetero) is 1. The summed E-state index contributed by atoms with van der Waals surface area (Å²) in [5, 5.41) is 8.77. The lowest BCUT2D eigenvalue weighted by Gasteiger charge is -2.17. The van der Waals surface area contributed by atoms with Gasteiger partial charge in [-0.25, -0.2) is 0 Å². The van der Waals surface area contributed by atoms with E-state index in [1.165, 1.54) is 24.8 Å². The van der Waals surface area contributed by atoms with Crippen LogP contribution in [-0.4, -0.2) is 24.1 Å². The van der Waals surface area contributed by atoms with E-state index in [4.69, 9.17) is 9.84 Å². The van der Waals surface area contributed by atoms with Crippen LogP contribution < -0.4 is 4.74 Å². The summed E-state index contributed by atoms with van der Waals surface area (Å²) in [5.41, 5.74) is 5.29. The molecule has 2 aromatic carbocycles. The largest absolute Gasteiger partial charge is 0.494 e. The number of aliphatic hydroxyl groups excluding tert-OH is 1. The predicted molar refractivity (Wildman–Crippen MR) is 133 cm³/mol. The summed E-state index contributed by atoms with van der Waals surface area (Å²) in [7, 11) is 0. The van der Waals surface area contributed by atoms with E-state index >= 15 is 0 Å². The molecule has 0 bridgehead atoms. The highest BCUT2D eigenvalue weighted by molar-refractivity contribution is 6.27. The first-order valence-electron chi connectivity index (χ1n) is 12.1. The van der Waals surface area contributed by atoms with E-state index in [0.717, 1.165) is 60.1 Å². The van der Waals surface area contributed by atoms with Gasteiger partial charge in [0.15, 0.2) is 5.78 Å². The van der Waals surface area contributed by atoms with Gasteiger partial charge in [0.25, 0.3) is 0 Å². The van der Waals surface area contributed by atoms with Gasteiger partial charge in [0, 0.05) is 18.6 Å². The molecular formula is C29H36O3. The van der Waals surface area contributed by atoms with E-state index in [1.54, 1.807) is 0 Å². The van der Waals surface area contributed by atoms with Gasteiger partial charge in [0.1, 0.15) is 5.75 Å². The molecule has 3 rings (SSSR count). The average Bonchev–Trinajstić information content (AvgIpc) is 2.81. The number of ketones is 1. The zero-order valence-electron chi connectivity index (χ0n) is 19.3. The number of aliphatic hydroxyl groups is 1. The Balaban J connectivity index is 1.56. The van der Waals surface area contributed by atoms with E-state index in [-0.39, 0.29) is 12.4 Å². The number of carbonyl (C=O) groups is 1. The average molecular weight is 433 g/mol. The lowest BCUT2D eigenvalue weighted by atomic mass is 9.87. The standard InChI is InChI=1S/C29H36O3/c1-2-3-8-11-23-12-14-24(15-13-23)28-21-25-16-17-27(20-26(25)22-29(28)31)32-19-10-7-5-4-6-9-18-30/h4-5,12-17,20-21,30H,2-3,6-11,18-19,22H2,1H3/b5-4+. The number of carbonyl (C=O) groups excluding carboxylic acids is 1. The van der Waals surface area contributed by atoms with Gasteiger partial charge in [0.05, 0.1) is 6.61 Å². The number of hydrogen-bond donors (Lipinski definition) is 1. The molecule has 3 nitrogen and oxygen atoms in total. The van der Waals surface area contributed by atoms with Gasteiger partial charge in [-0.1, -0.05) is 62.2 Å². The predicted octanol–water partition coefficient (Wildman–Crippen LogP) is 6.57. The Morgan fingerprint density at radius 2 is 1.75 bits per heavy atom. The maximum atomic E-state index is 12.8. The normalized spacial score (nSPS) is 13.3. The first kappa shape index (κ1) is 24.0. The molecule has 3 heteroatoms.